The molecule has 17 heavy (non-hydrogen) atoms. The van der Waals surface area contributed by atoms with Crippen molar-refractivity contribution in [3.63, 3.8) is 0 Å². The van der Waals surface area contributed by atoms with E-state index >= 15 is 0 Å². The minimum Gasteiger partial charge on any atom is -0.248 e. The normalized spacial score (nSPS) is 10.9. The zero-order valence-corrected chi connectivity index (χ0v) is 10.8. The van der Waals surface area contributed by atoms with E-state index in [1.54, 1.807) is 18.0 Å². The highest BCUT2D eigenvalue weighted by Crippen LogP contribution is 2.17. The van der Waals surface area contributed by atoms with Gasteiger partial charge in [0.25, 0.3) is 0 Å². The highest BCUT2D eigenvalue weighted by atomic mass is 35.5. The lowest BCUT2D eigenvalue weighted by molar-refractivity contribution is 1.14. The third-order valence-electron chi connectivity index (χ3n) is 2.14. The van der Waals surface area contributed by atoms with Crippen LogP contribution in [0.1, 0.15) is 5.56 Å². The smallest absolute Gasteiger partial charge is 0.0963 e. The lowest BCUT2D eigenvalue weighted by Gasteiger charge is -1.97. The van der Waals surface area contributed by atoms with Crippen molar-refractivity contribution in [1.29, 1.82) is 0 Å². The van der Waals surface area contributed by atoms with E-state index in [9.17, 15) is 0 Å². The van der Waals surface area contributed by atoms with Gasteiger partial charge in [0, 0.05) is 11.9 Å². The number of halogens is 1. The Morgan fingerprint density at radius 2 is 1.94 bits per heavy atom. The summed E-state index contributed by atoms with van der Waals surface area (Å²) in [6.45, 7) is 0. The predicted molar refractivity (Wildman–Crippen MR) is 75.4 cm³/mol. The van der Waals surface area contributed by atoms with Crippen molar-refractivity contribution in [1.82, 2.24) is 4.98 Å². The summed E-state index contributed by atoms with van der Waals surface area (Å²) in [7, 11) is 0. The van der Waals surface area contributed by atoms with Gasteiger partial charge in [-0.05, 0) is 17.7 Å². The molecule has 0 atom stereocenters. The van der Waals surface area contributed by atoms with Crippen LogP contribution < -0.4 is 0 Å². The second-order valence-corrected chi connectivity index (χ2v) is 4.92. The van der Waals surface area contributed by atoms with E-state index in [0.29, 0.717) is 5.02 Å². The minimum absolute atomic E-state index is 0.675. The van der Waals surface area contributed by atoms with E-state index < -0.39 is 0 Å². The summed E-state index contributed by atoms with van der Waals surface area (Å²) < 4.78 is 0. The molecule has 0 aliphatic heterocycles. The third-order valence-corrected chi connectivity index (χ3v) is 3.26. The Hall–Kier alpha value is -1.25. The van der Waals surface area contributed by atoms with Crippen LogP contribution in [-0.4, -0.2) is 10.7 Å². The van der Waals surface area contributed by atoms with Crippen molar-refractivity contribution in [3.8, 4) is 0 Å². The highest BCUT2D eigenvalue weighted by molar-refractivity contribution is 7.99. The van der Waals surface area contributed by atoms with Crippen LogP contribution in [0.25, 0.3) is 6.08 Å². The molecule has 0 aliphatic rings. The highest BCUT2D eigenvalue weighted by Gasteiger charge is 1.93. The zero-order chi connectivity index (χ0) is 11.9. The topological polar surface area (TPSA) is 12.9 Å². The maximum Gasteiger partial charge on any atom is 0.0963 e. The second-order valence-electron chi connectivity index (χ2n) is 3.44. The van der Waals surface area contributed by atoms with Crippen LogP contribution in [0, 0.1) is 0 Å². The van der Waals surface area contributed by atoms with E-state index in [1.807, 2.05) is 30.3 Å². The average molecular weight is 262 g/mol. The van der Waals surface area contributed by atoms with E-state index in [0.717, 1.165) is 10.8 Å². The van der Waals surface area contributed by atoms with Gasteiger partial charge >= 0.3 is 0 Å². The standard InChI is InChI=1S/C14H12ClNS/c15-13-8-9-14(16-11-13)17-10-4-7-12-5-2-1-3-6-12/h1-9,11H,10H2/b7-4+. The number of hydrogen-bond acceptors (Lipinski definition) is 2. The zero-order valence-electron chi connectivity index (χ0n) is 9.21. The number of rotatable bonds is 4. The van der Waals surface area contributed by atoms with Crippen LogP contribution in [0.2, 0.25) is 5.02 Å². The number of thioether (sulfide) groups is 1. The van der Waals surface area contributed by atoms with Crippen LogP contribution in [-0.2, 0) is 0 Å². The van der Waals surface area contributed by atoms with Crippen LogP contribution in [0.5, 0.6) is 0 Å². The Labute approximate surface area is 111 Å². The van der Waals surface area contributed by atoms with Crippen LogP contribution in [0.3, 0.4) is 0 Å². The van der Waals surface area contributed by atoms with Gasteiger partial charge < -0.3 is 0 Å². The molecule has 0 bridgehead atoms. The molecule has 0 unspecified atom stereocenters. The van der Waals surface area contributed by atoms with Gasteiger partial charge in [-0.25, -0.2) is 4.98 Å². The van der Waals surface area contributed by atoms with E-state index in [4.69, 9.17) is 11.6 Å². The lowest BCUT2D eigenvalue weighted by Crippen LogP contribution is -1.79. The second kappa shape index (κ2) is 6.48. The SMILES string of the molecule is Clc1ccc(SC/C=C/c2ccccc2)nc1. The van der Waals surface area contributed by atoms with Gasteiger partial charge in [-0.15, -0.1) is 11.8 Å². The van der Waals surface area contributed by atoms with Gasteiger partial charge in [0.2, 0.25) is 0 Å². The van der Waals surface area contributed by atoms with E-state index in [-0.39, 0.29) is 0 Å². The van der Waals surface area contributed by atoms with Gasteiger partial charge in [-0.2, -0.15) is 0 Å². The summed E-state index contributed by atoms with van der Waals surface area (Å²) in [6.07, 6.45) is 5.92. The maximum atomic E-state index is 5.77. The van der Waals surface area contributed by atoms with Gasteiger partial charge in [0.1, 0.15) is 0 Å². The molecule has 1 heterocycles. The van der Waals surface area contributed by atoms with Gasteiger partial charge in [-0.1, -0.05) is 54.1 Å². The molecule has 1 nitrogen and oxygen atoms in total. The molecule has 0 saturated carbocycles. The van der Waals surface area contributed by atoms with Crippen molar-refractivity contribution in [3.05, 3.63) is 65.3 Å². The van der Waals surface area contributed by atoms with Gasteiger partial charge in [-0.3, -0.25) is 0 Å². The number of hydrogen-bond donors (Lipinski definition) is 0. The Bertz CT molecular complexity index is 479. The molecule has 1 aromatic carbocycles. The van der Waals surface area contributed by atoms with E-state index in [1.165, 1.54) is 5.56 Å². The van der Waals surface area contributed by atoms with Crippen molar-refractivity contribution in [2.45, 2.75) is 5.03 Å². The molecule has 3 heteroatoms. The molecular formula is C14H12ClNS. The molecule has 2 rings (SSSR count). The molecule has 0 amide bonds. The summed E-state index contributed by atoms with van der Waals surface area (Å²) >= 11 is 7.46. The molecular weight excluding hydrogens is 250 g/mol. The molecule has 1 aromatic heterocycles. The minimum atomic E-state index is 0.675. The Kier molecular flexibility index (Phi) is 4.65. The van der Waals surface area contributed by atoms with Crippen LogP contribution in [0.4, 0.5) is 0 Å². The molecule has 0 spiro atoms. The van der Waals surface area contributed by atoms with Crippen molar-refractivity contribution < 1.29 is 0 Å². The van der Waals surface area contributed by atoms with Crippen molar-refractivity contribution >= 4 is 29.4 Å². The van der Waals surface area contributed by atoms with Crippen molar-refractivity contribution in [2.24, 2.45) is 0 Å². The fraction of sp³-hybridized carbons (Fsp3) is 0.0714. The number of pyridine rings is 1. The quantitative estimate of drug-likeness (QED) is 0.750. The first-order chi connectivity index (χ1) is 8.34. The first kappa shape index (κ1) is 12.2. The predicted octanol–water partition coefficient (Wildman–Crippen LogP) is 4.54. The fourth-order valence-corrected chi connectivity index (χ4v) is 2.10. The van der Waals surface area contributed by atoms with Crippen LogP contribution >= 0.6 is 23.4 Å². The Balaban J connectivity index is 1.84. The van der Waals surface area contributed by atoms with E-state index in [2.05, 4.69) is 29.3 Å². The molecule has 0 N–H and O–H groups in total. The number of nitrogens with zero attached hydrogens (tertiary/aromatic N) is 1. The molecule has 0 saturated heterocycles. The molecule has 0 fully saturated rings. The number of aromatic nitrogens is 1. The fourth-order valence-electron chi connectivity index (χ4n) is 1.33. The third kappa shape index (κ3) is 4.25. The summed E-state index contributed by atoms with van der Waals surface area (Å²) in [4.78, 5) is 4.22. The lowest BCUT2D eigenvalue weighted by atomic mass is 10.2. The summed E-state index contributed by atoms with van der Waals surface area (Å²) in [5.74, 6) is 0.906. The molecule has 0 aliphatic carbocycles. The Morgan fingerprint density at radius 1 is 1.12 bits per heavy atom. The molecule has 2 aromatic rings. The first-order valence-electron chi connectivity index (χ1n) is 5.30. The van der Waals surface area contributed by atoms with Gasteiger partial charge in [0.05, 0.1) is 10.0 Å². The monoisotopic (exact) mass is 261 g/mol. The largest absolute Gasteiger partial charge is 0.248 e. The summed E-state index contributed by atoms with van der Waals surface area (Å²) in [5, 5.41) is 1.67. The van der Waals surface area contributed by atoms with Crippen molar-refractivity contribution in [2.75, 3.05) is 5.75 Å². The molecule has 0 radical (unpaired) electrons. The van der Waals surface area contributed by atoms with Crippen LogP contribution in [0.15, 0.2) is 59.8 Å². The molecule has 86 valence electrons. The average Bonchev–Trinajstić information content (AvgIpc) is 2.38. The summed E-state index contributed by atoms with van der Waals surface area (Å²) in [5.41, 5.74) is 1.22. The van der Waals surface area contributed by atoms with Gasteiger partial charge in [0.15, 0.2) is 0 Å². The Morgan fingerprint density at radius 3 is 2.65 bits per heavy atom. The summed E-state index contributed by atoms with van der Waals surface area (Å²) in [6, 6.07) is 14.1. The number of benzene rings is 1. The first-order valence-corrected chi connectivity index (χ1v) is 6.67. The maximum absolute atomic E-state index is 5.77.